The van der Waals surface area contributed by atoms with E-state index >= 15 is 0 Å². The van der Waals surface area contributed by atoms with Crippen LogP contribution in [-0.4, -0.2) is 34.3 Å². The molecule has 104 valence electrons. The fourth-order valence-electron chi connectivity index (χ4n) is 1.90. The molecule has 1 unspecified atom stereocenters. The van der Waals surface area contributed by atoms with Crippen molar-refractivity contribution in [3.05, 3.63) is 36.0 Å². The lowest BCUT2D eigenvalue weighted by molar-refractivity contribution is -0.137. The van der Waals surface area contributed by atoms with Crippen molar-refractivity contribution >= 4 is 29.1 Å². The highest BCUT2D eigenvalue weighted by atomic mass is 16.4. The van der Waals surface area contributed by atoms with Crippen LogP contribution in [0, 0.1) is 0 Å². The van der Waals surface area contributed by atoms with Gasteiger partial charge in [-0.2, -0.15) is 0 Å². The van der Waals surface area contributed by atoms with Crippen molar-refractivity contribution in [3.63, 3.8) is 0 Å². The Hall–Kier alpha value is -2.63. The van der Waals surface area contributed by atoms with Crippen LogP contribution in [0.1, 0.15) is 23.3 Å². The number of H-pyrrole nitrogens is 1. The van der Waals surface area contributed by atoms with Crippen molar-refractivity contribution in [2.75, 3.05) is 0 Å². The number of benzene rings is 1. The van der Waals surface area contributed by atoms with Crippen LogP contribution in [0.2, 0.25) is 0 Å². The number of aromatic amines is 1. The molecule has 6 heteroatoms. The van der Waals surface area contributed by atoms with Crippen LogP contribution < -0.4 is 5.32 Å². The van der Waals surface area contributed by atoms with Gasteiger partial charge >= 0.3 is 5.97 Å². The molecular weight excluding hydrogens is 260 g/mol. The first-order valence-corrected chi connectivity index (χ1v) is 6.16. The second-order valence-electron chi connectivity index (χ2n) is 4.42. The minimum Gasteiger partial charge on any atom is -0.481 e. The Balaban J connectivity index is 2.06. The molecule has 1 amide bonds. The van der Waals surface area contributed by atoms with Gasteiger partial charge in [-0.15, -0.1) is 0 Å². The molecule has 0 saturated heterocycles. The monoisotopic (exact) mass is 274 g/mol. The molecular formula is C14H14N2O4. The summed E-state index contributed by atoms with van der Waals surface area (Å²) in [5.41, 5.74) is 1.17. The van der Waals surface area contributed by atoms with Gasteiger partial charge in [-0.25, -0.2) is 0 Å². The molecule has 3 N–H and O–H groups in total. The molecule has 0 aliphatic heterocycles. The summed E-state index contributed by atoms with van der Waals surface area (Å²) in [5.74, 6) is -1.43. The fraction of sp³-hybridized carbons (Fsp3) is 0.214. The van der Waals surface area contributed by atoms with Crippen LogP contribution in [0.15, 0.2) is 30.3 Å². The number of aldehydes is 1. The van der Waals surface area contributed by atoms with E-state index in [-0.39, 0.29) is 12.8 Å². The Labute approximate surface area is 114 Å². The van der Waals surface area contributed by atoms with Gasteiger partial charge in [0.25, 0.3) is 5.91 Å². The van der Waals surface area contributed by atoms with Crippen LogP contribution in [0.5, 0.6) is 0 Å². The third-order valence-corrected chi connectivity index (χ3v) is 2.92. The zero-order valence-corrected chi connectivity index (χ0v) is 10.6. The summed E-state index contributed by atoms with van der Waals surface area (Å²) in [7, 11) is 0. The summed E-state index contributed by atoms with van der Waals surface area (Å²) in [6.45, 7) is 0. The number of nitrogens with one attached hydrogen (secondary N) is 2. The Morgan fingerprint density at radius 3 is 2.75 bits per heavy atom. The Kier molecular flexibility index (Phi) is 4.14. The molecule has 2 rings (SSSR count). The number of aliphatic carboxylic acids is 1. The Bertz CT molecular complexity index is 614. The third-order valence-electron chi connectivity index (χ3n) is 2.92. The van der Waals surface area contributed by atoms with Gasteiger partial charge in [0.1, 0.15) is 12.0 Å². The molecule has 0 spiro atoms. The van der Waals surface area contributed by atoms with Crippen LogP contribution in [0.3, 0.4) is 0 Å². The molecule has 20 heavy (non-hydrogen) atoms. The third kappa shape index (κ3) is 3.23. The van der Waals surface area contributed by atoms with E-state index in [9.17, 15) is 14.4 Å². The molecule has 0 bridgehead atoms. The van der Waals surface area contributed by atoms with E-state index in [4.69, 9.17) is 5.11 Å². The number of carbonyl (C=O) groups is 3. The topological polar surface area (TPSA) is 99.3 Å². The summed E-state index contributed by atoms with van der Waals surface area (Å²) < 4.78 is 0. The van der Waals surface area contributed by atoms with Crippen molar-refractivity contribution in [1.82, 2.24) is 10.3 Å². The van der Waals surface area contributed by atoms with Gasteiger partial charge in [-0.05, 0) is 18.6 Å². The molecule has 0 radical (unpaired) electrons. The minimum absolute atomic E-state index is 0.0742. The highest BCUT2D eigenvalue weighted by Gasteiger charge is 2.15. The standard InChI is InChI=1S/C14H14N2O4/c17-8-10(5-6-13(18)19)15-14(20)12-7-9-3-1-2-4-11(9)16-12/h1-4,7-8,10,16H,5-6H2,(H,15,20)(H,18,19). The lowest BCUT2D eigenvalue weighted by Gasteiger charge is -2.10. The predicted molar refractivity (Wildman–Crippen MR) is 72.5 cm³/mol. The van der Waals surface area contributed by atoms with Crippen molar-refractivity contribution in [1.29, 1.82) is 0 Å². The van der Waals surface area contributed by atoms with E-state index in [0.29, 0.717) is 12.0 Å². The molecule has 0 fully saturated rings. The van der Waals surface area contributed by atoms with E-state index in [1.165, 1.54) is 0 Å². The summed E-state index contributed by atoms with van der Waals surface area (Å²) in [4.78, 5) is 36.2. The Morgan fingerprint density at radius 2 is 2.10 bits per heavy atom. The molecule has 2 aromatic rings. The number of hydrogen-bond acceptors (Lipinski definition) is 3. The lowest BCUT2D eigenvalue weighted by Crippen LogP contribution is -2.36. The summed E-state index contributed by atoms with van der Waals surface area (Å²) in [5, 5.41) is 12.0. The number of carboxylic acid groups (broad SMARTS) is 1. The van der Waals surface area contributed by atoms with Gasteiger partial charge in [-0.1, -0.05) is 18.2 Å². The van der Waals surface area contributed by atoms with Crippen LogP contribution in [0.4, 0.5) is 0 Å². The number of rotatable bonds is 6. The van der Waals surface area contributed by atoms with Gasteiger partial charge in [0.2, 0.25) is 0 Å². The first-order chi connectivity index (χ1) is 9.60. The second-order valence-corrected chi connectivity index (χ2v) is 4.42. The number of aromatic nitrogens is 1. The number of para-hydroxylation sites is 1. The lowest BCUT2D eigenvalue weighted by atomic mass is 10.1. The molecule has 1 atom stereocenters. The maximum Gasteiger partial charge on any atom is 0.303 e. The highest BCUT2D eigenvalue weighted by Crippen LogP contribution is 2.14. The normalized spacial score (nSPS) is 12.0. The first kappa shape index (κ1) is 13.8. The second kappa shape index (κ2) is 6.01. The smallest absolute Gasteiger partial charge is 0.303 e. The van der Waals surface area contributed by atoms with Gasteiger partial charge in [-0.3, -0.25) is 9.59 Å². The number of hydrogen-bond donors (Lipinski definition) is 3. The SMILES string of the molecule is O=CC(CCC(=O)O)NC(=O)c1cc2ccccc2[nH]1. The fourth-order valence-corrected chi connectivity index (χ4v) is 1.90. The van der Waals surface area contributed by atoms with E-state index < -0.39 is 17.9 Å². The number of amides is 1. The van der Waals surface area contributed by atoms with Crippen molar-refractivity contribution < 1.29 is 19.5 Å². The molecule has 1 aromatic heterocycles. The molecule has 1 aromatic carbocycles. The molecule has 0 aliphatic carbocycles. The molecule has 1 heterocycles. The van der Waals surface area contributed by atoms with Crippen LogP contribution in [-0.2, 0) is 9.59 Å². The maximum absolute atomic E-state index is 12.0. The van der Waals surface area contributed by atoms with Gasteiger partial charge in [0.15, 0.2) is 0 Å². The molecule has 0 aliphatic rings. The predicted octanol–water partition coefficient (Wildman–Crippen LogP) is 1.33. The zero-order chi connectivity index (χ0) is 14.5. The van der Waals surface area contributed by atoms with E-state index in [1.54, 1.807) is 6.07 Å². The zero-order valence-electron chi connectivity index (χ0n) is 10.6. The Morgan fingerprint density at radius 1 is 1.35 bits per heavy atom. The summed E-state index contributed by atoms with van der Waals surface area (Å²) in [6, 6.07) is 8.30. The average Bonchev–Trinajstić information content (AvgIpc) is 2.87. The average molecular weight is 274 g/mol. The summed E-state index contributed by atoms with van der Waals surface area (Å²) >= 11 is 0. The summed E-state index contributed by atoms with van der Waals surface area (Å²) in [6.07, 6.45) is 0.449. The van der Waals surface area contributed by atoms with Gasteiger partial charge in [0, 0.05) is 17.3 Å². The van der Waals surface area contributed by atoms with Gasteiger partial charge in [0.05, 0.1) is 6.04 Å². The molecule has 0 saturated carbocycles. The first-order valence-electron chi connectivity index (χ1n) is 6.16. The number of fused-ring (bicyclic) bond motifs is 1. The largest absolute Gasteiger partial charge is 0.481 e. The van der Waals surface area contributed by atoms with Crippen LogP contribution >= 0.6 is 0 Å². The highest BCUT2D eigenvalue weighted by molar-refractivity contribution is 5.99. The number of carboxylic acids is 1. The number of carbonyl (C=O) groups excluding carboxylic acids is 2. The quantitative estimate of drug-likeness (QED) is 0.692. The van der Waals surface area contributed by atoms with E-state index in [2.05, 4.69) is 10.3 Å². The van der Waals surface area contributed by atoms with Crippen LogP contribution in [0.25, 0.3) is 10.9 Å². The van der Waals surface area contributed by atoms with Gasteiger partial charge < -0.3 is 20.2 Å². The molecule has 6 nitrogen and oxygen atoms in total. The van der Waals surface area contributed by atoms with E-state index in [0.717, 1.165) is 10.9 Å². The van der Waals surface area contributed by atoms with Crippen molar-refractivity contribution in [2.24, 2.45) is 0 Å². The minimum atomic E-state index is -1.00. The van der Waals surface area contributed by atoms with Crippen molar-refractivity contribution in [2.45, 2.75) is 18.9 Å². The maximum atomic E-state index is 12.0. The van der Waals surface area contributed by atoms with Crippen molar-refractivity contribution in [3.8, 4) is 0 Å². The van der Waals surface area contributed by atoms with E-state index in [1.807, 2.05) is 24.3 Å².